The minimum Gasteiger partial charge on any atom is -0.542 e. The Balaban J connectivity index is 0.00000324. The van der Waals surface area contributed by atoms with Gasteiger partial charge in [0.1, 0.15) is 12.2 Å². The first-order valence-corrected chi connectivity index (χ1v) is 5.83. The Morgan fingerprint density at radius 3 is 2.79 bits per heavy atom. The maximum atomic E-state index is 13.1. The van der Waals surface area contributed by atoms with E-state index in [9.17, 15) is 14.0 Å². The molecule has 2 atom stereocenters. The molecule has 0 aromatic heterocycles. The van der Waals surface area contributed by atoms with Gasteiger partial charge in [0, 0.05) is 27.5 Å². The second kappa shape index (κ2) is 7.71. The van der Waals surface area contributed by atoms with Crippen LogP contribution in [-0.4, -0.2) is 47.9 Å². The number of nitriles is 1. The molecule has 0 aromatic carbocycles. The van der Waals surface area contributed by atoms with Crippen molar-refractivity contribution in [2.75, 3.05) is 13.1 Å². The maximum absolute atomic E-state index is 13.1. The summed E-state index contributed by atoms with van der Waals surface area (Å²) in [6.45, 7) is 3.50. The zero-order chi connectivity index (χ0) is 13.8. The molecular formula is C12H17FN3O2W-. The minimum absolute atomic E-state index is 0. The number of carbonyl (C=O) groups is 1. The molecule has 0 aliphatic carbocycles. The average molecular weight is 438 g/mol. The third kappa shape index (κ3) is 5.38. The van der Waals surface area contributed by atoms with Crippen LogP contribution < -0.4 is 5.32 Å². The Bertz CT molecular complexity index is 370. The van der Waals surface area contributed by atoms with E-state index in [0.717, 1.165) is 0 Å². The van der Waals surface area contributed by atoms with Gasteiger partial charge in [-0.15, -0.1) is 6.42 Å². The number of hydrogen-bond acceptors (Lipinski definition) is 4. The summed E-state index contributed by atoms with van der Waals surface area (Å²) in [5, 5.41) is 11.7. The van der Waals surface area contributed by atoms with Gasteiger partial charge in [-0.05, 0) is 19.4 Å². The summed E-state index contributed by atoms with van der Waals surface area (Å²) in [5.41, 5.74) is -0.533. The first-order valence-electron chi connectivity index (χ1n) is 5.83. The van der Waals surface area contributed by atoms with E-state index >= 15 is 0 Å². The summed E-state index contributed by atoms with van der Waals surface area (Å²) in [5.74, 6) is -0.319. The standard InChI is InChI=1S/C12H17FN3O2.W/c1-12(2,3-4-17)15-7-11(18)16-8-9(13)5-10(16)6-14;/h9-10,15H,3,5,7-8H2,1-2H3;/q-1;/t9-,10-;/m0./s1. The van der Waals surface area contributed by atoms with Crippen LogP contribution in [0.1, 0.15) is 26.7 Å². The number of likely N-dealkylation sites (tertiary alicyclic amines) is 1. The van der Waals surface area contributed by atoms with Crippen molar-refractivity contribution >= 4 is 12.2 Å². The molecule has 1 aliphatic rings. The Labute approximate surface area is 126 Å². The molecule has 1 amide bonds. The fraction of sp³-hybridized carbons (Fsp3) is 0.750. The molecule has 1 saturated heterocycles. The molecule has 0 aromatic rings. The molecule has 1 aliphatic heterocycles. The van der Waals surface area contributed by atoms with Crippen molar-refractivity contribution in [3.05, 3.63) is 0 Å². The largest absolute Gasteiger partial charge is 0.542 e. The zero-order valence-corrected chi connectivity index (χ0v) is 13.9. The first kappa shape index (κ1) is 18.2. The predicted octanol–water partition coefficient (Wildman–Crippen LogP) is 0.314. The van der Waals surface area contributed by atoms with E-state index in [0.29, 0.717) is 0 Å². The third-order valence-corrected chi connectivity index (χ3v) is 2.95. The maximum Gasteiger partial charge on any atom is 0.237 e. The van der Waals surface area contributed by atoms with Gasteiger partial charge < -0.3 is 15.0 Å². The molecule has 106 valence electrons. The number of rotatable bonds is 5. The second-order valence-corrected chi connectivity index (χ2v) is 5.08. The number of alkyl halides is 1. The van der Waals surface area contributed by atoms with Crippen molar-refractivity contribution in [3.63, 3.8) is 0 Å². The van der Waals surface area contributed by atoms with Crippen molar-refractivity contribution in [1.82, 2.24) is 10.2 Å². The van der Waals surface area contributed by atoms with Crippen molar-refractivity contribution in [3.8, 4) is 6.07 Å². The van der Waals surface area contributed by atoms with Gasteiger partial charge in [-0.1, -0.05) is 0 Å². The summed E-state index contributed by atoms with van der Waals surface area (Å²) in [4.78, 5) is 23.4. The van der Waals surface area contributed by atoms with Gasteiger partial charge in [0.2, 0.25) is 5.91 Å². The van der Waals surface area contributed by atoms with Crippen LogP contribution in [0.2, 0.25) is 0 Å². The molecule has 1 fully saturated rings. The molecule has 0 saturated carbocycles. The van der Waals surface area contributed by atoms with E-state index in [-0.39, 0.29) is 52.9 Å². The van der Waals surface area contributed by atoms with Crippen molar-refractivity contribution in [2.24, 2.45) is 0 Å². The smallest absolute Gasteiger partial charge is 0.237 e. The fourth-order valence-corrected chi connectivity index (χ4v) is 1.84. The number of carbonyl (C=O) groups excluding carboxylic acids is 2. The van der Waals surface area contributed by atoms with E-state index in [2.05, 4.69) is 5.32 Å². The number of amides is 1. The molecule has 19 heavy (non-hydrogen) atoms. The third-order valence-electron chi connectivity index (χ3n) is 2.95. The number of nitrogens with zero attached hydrogens (tertiary/aromatic N) is 2. The molecule has 0 bridgehead atoms. The van der Waals surface area contributed by atoms with Crippen molar-refractivity contribution < 1.29 is 35.0 Å². The summed E-state index contributed by atoms with van der Waals surface area (Å²) < 4.78 is 13.1. The SMILES string of the molecule is CC(C)(C[C-]=O)NCC(=O)N1C[C@@H](F)C[C@H]1C#N.[W]. The molecule has 1 heterocycles. The summed E-state index contributed by atoms with van der Waals surface area (Å²) >= 11 is 0. The van der Waals surface area contributed by atoms with Crippen molar-refractivity contribution in [2.45, 2.75) is 44.4 Å². The van der Waals surface area contributed by atoms with Gasteiger partial charge in [0.05, 0.1) is 19.2 Å². The van der Waals surface area contributed by atoms with Crippen molar-refractivity contribution in [1.29, 1.82) is 5.26 Å². The van der Waals surface area contributed by atoms with Gasteiger partial charge in [-0.3, -0.25) is 11.1 Å². The summed E-state index contributed by atoms with van der Waals surface area (Å²) in [7, 11) is 0. The Kier molecular flexibility index (Phi) is 7.39. The van der Waals surface area contributed by atoms with Crippen LogP contribution in [-0.2, 0) is 30.7 Å². The Morgan fingerprint density at radius 2 is 2.26 bits per heavy atom. The van der Waals surface area contributed by atoms with Crippen LogP contribution in [0.4, 0.5) is 4.39 Å². The van der Waals surface area contributed by atoms with Crippen LogP contribution in [0.5, 0.6) is 0 Å². The predicted molar refractivity (Wildman–Crippen MR) is 63.0 cm³/mol. The fourth-order valence-electron chi connectivity index (χ4n) is 1.84. The van der Waals surface area contributed by atoms with E-state index in [4.69, 9.17) is 5.26 Å². The minimum atomic E-state index is -1.13. The molecule has 1 N–H and O–H groups in total. The van der Waals surface area contributed by atoms with E-state index < -0.39 is 17.8 Å². The Hall–Kier alpha value is -0.792. The molecular weight excluding hydrogens is 421 g/mol. The normalized spacial score (nSPS) is 22.5. The van der Waals surface area contributed by atoms with E-state index in [1.807, 2.05) is 6.07 Å². The summed E-state index contributed by atoms with van der Waals surface area (Å²) in [6.07, 6.45) is 0.886. The van der Waals surface area contributed by atoms with Gasteiger partial charge >= 0.3 is 0 Å². The Morgan fingerprint density at radius 1 is 1.63 bits per heavy atom. The average Bonchev–Trinajstić information content (AvgIpc) is 2.67. The van der Waals surface area contributed by atoms with Gasteiger partial charge in [0.15, 0.2) is 0 Å². The van der Waals surface area contributed by atoms with Gasteiger partial charge in [-0.25, -0.2) is 4.39 Å². The zero-order valence-electron chi connectivity index (χ0n) is 11.0. The topological polar surface area (TPSA) is 73.2 Å². The van der Waals surface area contributed by atoms with Crippen LogP contribution >= 0.6 is 0 Å². The molecule has 0 radical (unpaired) electrons. The van der Waals surface area contributed by atoms with Crippen LogP contribution in [0, 0.1) is 11.3 Å². The van der Waals surface area contributed by atoms with E-state index in [1.165, 1.54) is 4.90 Å². The van der Waals surface area contributed by atoms with Crippen LogP contribution in [0.15, 0.2) is 0 Å². The molecule has 1 rings (SSSR count). The number of nitrogens with one attached hydrogen (secondary N) is 1. The quantitative estimate of drug-likeness (QED) is 0.628. The summed E-state index contributed by atoms with van der Waals surface area (Å²) in [6, 6.07) is 1.24. The van der Waals surface area contributed by atoms with Gasteiger partial charge in [0.25, 0.3) is 0 Å². The first-order chi connectivity index (χ1) is 8.39. The molecule has 5 nitrogen and oxygen atoms in total. The van der Waals surface area contributed by atoms with Gasteiger partial charge in [-0.2, -0.15) is 5.26 Å². The van der Waals surface area contributed by atoms with Crippen LogP contribution in [0.25, 0.3) is 0 Å². The second-order valence-electron chi connectivity index (χ2n) is 5.08. The van der Waals surface area contributed by atoms with Crippen LogP contribution in [0.3, 0.4) is 0 Å². The molecule has 7 heteroatoms. The number of halogens is 1. The molecule has 0 unspecified atom stereocenters. The van der Waals surface area contributed by atoms with E-state index in [1.54, 1.807) is 20.1 Å². The monoisotopic (exact) mass is 438 g/mol. The number of hydrogen-bond donors (Lipinski definition) is 1. The molecule has 0 spiro atoms.